The molecule has 0 saturated carbocycles. The lowest BCUT2D eigenvalue weighted by molar-refractivity contribution is 0.530. The summed E-state index contributed by atoms with van der Waals surface area (Å²) in [5.74, 6) is 0.563. The molecular formula is C13H20FNO4S2. The molecule has 0 unspecified atom stereocenters. The maximum atomic E-state index is 12.9. The standard InChI is InChI=1S/C13H20FNO4S2/c1-11(2)6-3-4-9-15-21(18,19)13-8-5-7-12(10-13)20(14,16)17/h5,7-8,10-11,15H,3-4,6,9H2,1-2H3. The number of hydrogen-bond acceptors (Lipinski definition) is 4. The highest BCUT2D eigenvalue weighted by Crippen LogP contribution is 2.17. The van der Waals surface area contributed by atoms with E-state index in [0.717, 1.165) is 25.0 Å². The zero-order valence-electron chi connectivity index (χ0n) is 12.0. The molecule has 1 rings (SSSR count). The van der Waals surface area contributed by atoms with E-state index >= 15 is 0 Å². The number of nitrogens with one attached hydrogen (secondary N) is 1. The Morgan fingerprint density at radius 3 is 2.29 bits per heavy atom. The van der Waals surface area contributed by atoms with Crippen LogP contribution in [0.25, 0.3) is 0 Å². The fraction of sp³-hybridized carbons (Fsp3) is 0.538. The highest BCUT2D eigenvalue weighted by Gasteiger charge is 2.18. The minimum absolute atomic E-state index is 0.259. The molecule has 8 heteroatoms. The first kappa shape index (κ1) is 18.1. The van der Waals surface area contributed by atoms with Crippen molar-refractivity contribution in [3.63, 3.8) is 0 Å². The molecule has 0 heterocycles. The van der Waals surface area contributed by atoms with Crippen LogP contribution in [0.15, 0.2) is 34.1 Å². The van der Waals surface area contributed by atoms with Gasteiger partial charge < -0.3 is 0 Å². The summed E-state index contributed by atoms with van der Waals surface area (Å²) in [6, 6.07) is 4.24. The van der Waals surface area contributed by atoms with Crippen molar-refractivity contribution in [1.29, 1.82) is 0 Å². The Hall–Kier alpha value is -0.990. The first-order valence-corrected chi connectivity index (χ1v) is 9.54. The van der Waals surface area contributed by atoms with Gasteiger partial charge in [0.15, 0.2) is 0 Å². The van der Waals surface area contributed by atoms with E-state index in [1.54, 1.807) is 0 Å². The normalized spacial score (nSPS) is 12.8. The van der Waals surface area contributed by atoms with E-state index in [9.17, 15) is 20.7 Å². The van der Waals surface area contributed by atoms with Crippen LogP contribution in [0.4, 0.5) is 3.89 Å². The van der Waals surface area contributed by atoms with Crippen molar-refractivity contribution in [2.45, 2.75) is 42.9 Å². The third kappa shape index (κ3) is 6.11. The Bertz CT molecular complexity index is 669. The van der Waals surface area contributed by atoms with Gasteiger partial charge in [0.25, 0.3) is 0 Å². The maximum Gasteiger partial charge on any atom is 0.332 e. The van der Waals surface area contributed by atoms with Gasteiger partial charge in [-0.05, 0) is 30.5 Å². The van der Waals surface area contributed by atoms with E-state index < -0.39 is 25.1 Å². The maximum absolute atomic E-state index is 12.9. The first-order valence-electron chi connectivity index (χ1n) is 6.67. The third-order valence-electron chi connectivity index (χ3n) is 2.90. The smallest absolute Gasteiger partial charge is 0.211 e. The second-order valence-electron chi connectivity index (χ2n) is 5.20. The van der Waals surface area contributed by atoms with Crippen LogP contribution in [0.3, 0.4) is 0 Å². The van der Waals surface area contributed by atoms with Crippen molar-refractivity contribution in [1.82, 2.24) is 4.72 Å². The summed E-state index contributed by atoms with van der Waals surface area (Å²) in [4.78, 5) is -0.921. The molecule has 1 N–H and O–H groups in total. The SMILES string of the molecule is CC(C)CCCCNS(=O)(=O)c1cccc(S(=O)(=O)F)c1. The summed E-state index contributed by atoms with van der Waals surface area (Å²) in [6.45, 7) is 4.45. The van der Waals surface area contributed by atoms with Crippen LogP contribution in [0.5, 0.6) is 0 Å². The van der Waals surface area contributed by atoms with E-state index in [0.29, 0.717) is 12.3 Å². The number of sulfonamides is 1. The average Bonchev–Trinajstić information content (AvgIpc) is 2.37. The highest BCUT2D eigenvalue weighted by atomic mass is 32.3. The zero-order valence-corrected chi connectivity index (χ0v) is 13.7. The van der Waals surface area contributed by atoms with E-state index in [4.69, 9.17) is 0 Å². The van der Waals surface area contributed by atoms with E-state index in [-0.39, 0.29) is 11.4 Å². The molecule has 0 amide bonds. The summed E-state index contributed by atoms with van der Waals surface area (Å²) in [7, 11) is -8.74. The summed E-state index contributed by atoms with van der Waals surface area (Å²) in [6.07, 6.45) is 2.61. The summed E-state index contributed by atoms with van der Waals surface area (Å²) < 4.78 is 60.8. The topological polar surface area (TPSA) is 80.3 Å². The van der Waals surface area contributed by atoms with E-state index in [1.807, 2.05) is 0 Å². The van der Waals surface area contributed by atoms with Gasteiger partial charge in [-0.25, -0.2) is 13.1 Å². The molecule has 0 aromatic heterocycles. The predicted molar refractivity (Wildman–Crippen MR) is 78.6 cm³/mol. The van der Waals surface area contributed by atoms with Crippen LogP contribution < -0.4 is 4.72 Å². The third-order valence-corrected chi connectivity index (χ3v) is 5.17. The molecule has 21 heavy (non-hydrogen) atoms. The van der Waals surface area contributed by atoms with Crippen LogP contribution in [0.1, 0.15) is 33.1 Å². The van der Waals surface area contributed by atoms with Gasteiger partial charge in [0.2, 0.25) is 10.0 Å². The fourth-order valence-electron chi connectivity index (χ4n) is 1.76. The molecule has 0 radical (unpaired) electrons. The second kappa shape index (κ2) is 7.33. The van der Waals surface area contributed by atoms with Crippen molar-refractivity contribution in [3.8, 4) is 0 Å². The van der Waals surface area contributed by atoms with Crippen molar-refractivity contribution < 1.29 is 20.7 Å². The Balaban J connectivity index is 2.71. The van der Waals surface area contributed by atoms with E-state index in [2.05, 4.69) is 18.6 Å². The van der Waals surface area contributed by atoms with Crippen molar-refractivity contribution in [2.75, 3.05) is 6.54 Å². The molecule has 0 aliphatic rings. The largest absolute Gasteiger partial charge is 0.332 e. The Morgan fingerprint density at radius 1 is 1.10 bits per heavy atom. The van der Waals surface area contributed by atoms with Crippen LogP contribution in [-0.2, 0) is 20.2 Å². The lowest BCUT2D eigenvalue weighted by Crippen LogP contribution is -2.25. The number of benzene rings is 1. The van der Waals surface area contributed by atoms with Gasteiger partial charge in [-0.3, -0.25) is 0 Å². The second-order valence-corrected chi connectivity index (χ2v) is 8.31. The Morgan fingerprint density at radius 2 is 1.71 bits per heavy atom. The molecule has 0 spiro atoms. The molecule has 0 aliphatic carbocycles. The van der Waals surface area contributed by atoms with Gasteiger partial charge in [0.1, 0.15) is 0 Å². The summed E-state index contributed by atoms with van der Waals surface area (Å²) in [5.41, 5.74) is 0. The number of rotatable bonds is 8. The monoisotopic (exact) mass is 337 g/mol. The van der Waals surface area contributed by atoms with Gasteiger partial charge in [0, 0.05) is 6.54 Å². The van der Waals surface area contributed by atoms with Crippen LogP contribution in [0, 0.1) is 5.92 Å². The molecule has 0 saturated heterocycles. The zero-order chi connectivity index (χ0) is 16.1. The molecule has 5 nitrogen and oxygen atoms in total. The van der Waals surface area contributed by atoms with Gasteiger partial charge in [-0.2, -0.15) is 8.42 Å². The van der Waals surface area contributed by atoms with Crippen molar-refractivity contribution in [3.05, 3.63) is 24.3 Å². The molecule has 120 valence electrons. The van der Waals surface area contributed by atoms with E-state index in [1.165, 1.54) is 12.1 Å². The van der Waals surface area contributed by atoms with Crippen LogP contribution >= 0.6 is 0 Å². The van der Waals surface area contributed by atoms with Gasteiger partial charge >= 0.3 is 10.2 Å². The summed E-state index contributed by atoms with van der Waals surface area (Å²) in [5, 5.41) is 0. The molecule has 0 bridgehead atoms. The predicted octanol–water partition coefficient (Wildman–Crippen LogP) is 2.45. The Labute approximate surface area is 125 Å². The number of halogens is 1. The molecule has 1 aromatic carbocycles. The quantitative estimate of drug-likeness (QED) is 0.584. The van der Waals surface area contributed by atoms with Crippen LogP contribution in [-0.4, -0.2) is 23.4 Å². The first-order chi connectivity index (χ1) is 9.63. The minimum Gasteiger partial charge on any atom is -0.211 e. The van der Waals surface area contributed by atoms with Gasteiger partial charge in [0.05, 0.1) is 9.79 Å². The molecular weight excluding hydrogens is 317 g/mol. The Kier molecular flexibility index (Phi) is 6.30. The lowest BCUT2D eigenvalue weighted by Gasteiger charge is -2.08. The van der Waals surface area contributed by atoms with Crippen molar-refractivity contribution in [2.24, 2.45) is 5.92 Å². The average molecular weight is 337 g/mol. The van der Waals surface area contributed by atoms with Crippen molar-refractivity contribution >= 4 is 20.2 Å². The molecule has 0 atom stereocenters. The molecule has 0 aliphatic heterocycles. The summed E-state index contributed by atoms with van der Waals surface area (Å²) >= 11 is 0. The fourth-order valence-corrected chi connectivity index (χ4v) is 3.46. The molecule has 0 fully saturated rings. The van der Waals surface area contributed by atoms with Gasteiger partial charge in [-0.15, -0.1) is 3.89 Å². The number of unbranched alkanes of at least 4 members (excludes halogenated alkanes) is 1. The minimum atomic E-state index is -4.92. The lowest BCUT2D eigenvalue weighted by atomic mass is 10.1. The highest BCUT2D eigenvalue weighted by molar-refractivity contribution is 7.89. The van der Waals surface area contributed by atoms with Crippen LogP contribution in [0.2, 0.25) is 0 Å². The number of hydrogen-bond donors (Lipinski definition) is 1. The molecule has 1 aromatic rings. The van der Waals surface area contributed by atoms with Gasteiger partial charge in [-0.1, -0.05) is 32.8 Å².